The molecule has 3 rings (SSSR count). The molecular formula is C17H19ClN2. The first-order valence-corrected chi connectivity index (χ1v) is 7.34. The Hall–Kier alpha value is -1.51. The number of hydrogen-bond acceptors (Lipinski definition) is 2. The summed E-state index contributed by atoms with van der Waals surface area (Å²) in [5.74, 6) is 0. The van der Waals surface area contributed by atoms with E-state index in [2.05, 4.69) is 36.1 Å². The van der Waals surface area contributed by atoms with Crippen molar-refractivity contribution in [3.8, 4) is 0 Å². The van der Waals surface area contributed by atoms with Crippen molar-refractivity contribution in [1.29, 1.82) is 0 Å². The summed E-state index contributed by atoms with van der Waals surface area (Å²) in [6.45, 7) is 4.98. The standard InChI is InChI=1S/C17H19ClN2/c1-12-2-3-14(17(18)8-12)10-20-7-6-13-4-5-16(19)9-15(13)11-20/h2-5,8-9H,6-7,10-11,19H2,1H3. The lowest BCUT2D eigenvalue weighted by molar-refractivity contribution is 0.245. The minimum atomic E-state index is 0.846. The summed E-state index contributed by atoms with van der Waals surface area (Å²) >= 11 is 6.33. The molecule has 2 N–H and O–H groups in total. The molecule has 1 aliphatic rings. The molecular weight excluding hydrogens is 268 g/mol. The number of halogens is 1. The van der Waals surface area contributed by atoms with Gasteiger partial charge in [0.15, 0.2) is 0 Å². The van der Waals surface area contributed by atoms with Gasteiger partial charge in [0.1, 0.15) is 0 Å². The van der Waals surface area contributed by atoms with Crippen LogP contribution in [-0.4, -0.2) is 11.4 Å². The largest absolute Gasteiger partial charge is 0.399 e. The molecule has 1 heterocycles. The van der Waals surface area contributed by atoms with Crippen molar-refractivity contribution in [2.24, 2.45) is 0 Å². The SMILES string of the molecule is Cc1ccc(CN2CCc3ccc(N)cc3C2)c(Cl)c1. The van der Waals surface area contributed by atoms with Gasteiger partial charge in [-0.05, 0) is 53.8 Å². The van der Waals surface area contributed by atoms with Crippen LogP contribution in [0, 0.1) is 6.92 Å². The Kier molecular flexibility index (Phi) is 3.68. The number of aryl methyl sites for hydroxylation is 1. The van der Waals surface area contributed by atoms with Crippen molar-refractivity contribution in [1.82, 2.24) is 4.90 Å². The molecule has 0 bridgehead atoms. The van der Waals surface area contributed by atoms with E-state index >= 15 is 0 Å². The van der Waals surface area contributed by atoms with Crippen molar-refractivity contribution >= 4 is 17.3 Å². The van der Waals surface area contributed by atoms with Crippen LogP contribution in [0.2, 0.25) is 5.02 Å². The number of nitrogen functional groups attached to an aromatic ring is 1. The van der Waals surface area contributed by atoms with E-state index in [4.69, 9.17) is 17.3 Å². The van der Waals surface area contributed by atoms with Gasteiger partial charge >= 0.3 is 0 Å². The quantitative estimate of drug-likeness (QED) is 0.851. The van der Waals surface area contributed by atoms with Crippen molar-refractivity contribution in [3.05, 3.63) is 63.7 Å². The van der Waals surface area contributed by atoms with Gasteiger partial charge in [-0.15, -0.1) is 0 Å². The van der Waals surface area contributed by atoms with E-state index in [-0.39, 0.29) is 0 Å². The third-order valence-electron chi connectivity index (χ3n) is 3.92. The second-order valence-electron chi connectivity index (χ2n) is 5.58. The van der Waals surface area contributed by atoms with Gasteiger partial charge in [-0.25, -0.2) is 0 Å². The Morgan fingerprint density at radius 1 is 1.15 bits per heavy atom. The van der Waals surface area contributed by atoms with Crippen molar-refractivity contribution in [2.75, 3.05) is 12.3 Å². The monoisotopic (exact) mass is 286 g/mol. The molecule has 2 aromatic rings. The molecule has 0 aliphatic carbocycles. The topological polar surface area (TPSA) is 29.3 Å². The van der Waals surface area contributed by atoms with E-state index < -0.39 is 0 Å². The molecule has 0 saturated heterocycles. The second-order valence-corrected chi connectivity index (χ2v) is 5.99. The maximum atomic E-state index is 6.33. The summed E-state index contributed by atoms with van der Waals surface area (Å²) in [7, 11) is 0. The third-order valence-corrected chi connectivity index (χ3v) is 4.28. The van der Waals surface area contributed by atoms with Gasteiger partial charge in [-0.1, -0.05) is 29.8 Å². The lowest BCUT2D eigenvalue weighted by atomic mass is 9.98. The summed E-state index contributed by atoms with van der Waals surface area (Å²) in [6, 6.07) is 12.5. The number of fused-ring (bicyclic) bond motifs is 1. The van der Waals surface area contributed by atoms with Crippen LogP contribution in [0.5, 0.6) is 0 Å². The van der Waals surface area contributed by atoms with Crippen LogP contribution < -0.4 is 5.73 Å². The van der Waals surface area contributed by atoms with Crippen LogP contribution in [-0.2, 0) is 19.5 Å². The lowest BCUT2D eigenvalue weighted by Crippen LogP contribution is -2.30. The molecule has 0 radical (unpaired) electrons. The van der Waals surface area contributed by atoms with Gasteiger partial charge in [0.25, 0.3) is 0 Å². The molecule has 0 spiro atoms. The van der Waals surface area contributed by atoms with Crippen LogP contribution in [0.1, 0.15) is 22.3 Å². The fraction of sp³-hybridized carbons (Fsp3) is 0.294. The fourth-order valence-corrected chi connectivity index (χ4v) is 3.09. The normalized spacial score (nSPS) is 15.1. The molecule has 20 heavy (non-hydrogen) atoms. The highest BCUT2D eigenvalue weighted by Crippen LogP contribution is 2.25. The zero-order valence-electron chi connectivity index (χ0n) is 11.7. The number of nitrogens with two attached hydrogens (primary N) is 1. The first-order chi connectivity index (χ1) is 9.61. The van der Waals surface area contributed by atoms with Crippen LogP contribution in [0.4, 0.5) is 5.69 Å². The smallest absolute Gasteiger partial charge is 0.0453 e. The van der Waals surface area contributed by atoms with Crippen LogP contribution in [0.25, 0.3) is 0 Å². The van der Waals surface area contributed by atoms with E-state index in [1.165, 1.54) is 22.3 Å². The zero-order valence-corrected chi connectivity index (χ0v) is 12.5. The molecule has 0 atom stereocenters. The van der Waals surface area contributed by atoms with Crippen LogP contribution >= 0.6 is 11.6 Å². The first-order valence-electron chi connectivity index (χ1n) is 6.96. The van der Waals surface area contributed by atoms with E-state index in [0.29, 0.717) is 0 Å². The number of anilines is 1. The average molecular weight is 287 g/mol. The van der Waals surface area contributed by atoms with Gasteiger partial charge in [0, 0.05) is 30.3 Å². The summed E-state index contributed by atoms with van der Waals surface area (Å²) < 4.78 is 0. The number of benzene rings is 2. The minimum Gasteiger partial charge on any atom is -0.399 e. The van der Waals surface area contributed by atoms with E-state index in [9.17, 15) is 0 Å². The van der Waals surface area contributed by atoms with Crippen LogP contribution in [0.15, 0.2) is 36.4 Å². The highest BCUT2D eigenvalue weighted by atomic mass is 35.5. The molecule has 2 nitrogen and oxygen atoms in total. The Morgan fingerprint density at radius 2 is 2.00 bits per heavy atom. The molecule has 0 aromatic heterocycles. The Labute approximate surface area is 125 Å². The Morgan fingerprint density at radius 3 is 2.80 bits per heavy atom. The molecule has 104 valence electrons. The highest BCUT2D eigenvalue weighted by Gasteiger charge is 2.17. The maximum Gasteiger partial charge on any atom is 0.0453 e. The molecule has 0 fully saturated rings. The van der Waals surface area contributed by atoms with Crippen molar-refractivity contribution in [2.45, 2.75) is 26.4 Å². The predicted molar refractivity (Wildman–Crippen MR) is 84.9 cm³/mol. The van der Waals surface area contributed by atoms with Gasteiger partial charge in [0.05, 0.1) is 0 Å². The Bertz CT molecular complexity index is 637. The molecule has 0 amide bonds. The maximum absolute atomic E-state index is 6.33. The Balaban J connectivity index is 1.77. The molecule has 0 saturated carbocycles. The average Bonchev–Trinajstić information content (AvgIpc) is 2.41. The van der Waals surface area contributed by atoms with Gasteiger partial charge < -0.3 is 5.73 Å². The van der Waals surface area contributed by atoms with E-state index in [1.54, 1.807) is 0 Å². The van der Waals surface area contributed by atoms with Gasteiger partial charge in [-0.3, -0.25) is 4.90 Å². The fourth-order valence-electron chi connectivity index (χ4n) is 2.79. The van der Waals surface area contributed by atoms with E-state index in [0.717, 1.165) is 36.8 Å². The first kappa shape index (κ1) is 13.5. The third kappa shape index (κ3) is 2.82. The molecule has 2 aromatic carbocycles. The molecule has 3 heteroatoms. The number of hydrogen-bond donors (Lipinski definition) is 1. The van der Waals surface area contributed by atoms with Gasteiger partial charge in [0.2, 0.25) is 0 Å². The highest BCUT2D eigenvalue weighted by molar-refractivity contribution is 6.31. The van der Waals surface area contributed by atoms with E-state index in [1.807, 2.05) is 12.1 Å². The molecule has 0 unspecified atom stereocenters. The molecule has 1 aliphatic heterocycles. The predicted octanol–water partition coefficient (Wildman–Crippen LogP) is 3.79. The number of rotatable bonds is 2. The summed E-state index contributed by atoms with van der Waals surface area (Å²) in [6.07, 6.45) is 1.08. The number of nitrogens with zero attached hydrogens (tertiary/aromatic N) is 1. The lowest BCUT2D eigenvalue weighted by Gasteiger charge is -2.29. The van der Waals surface area contributed by atoms with Crippen molar-refractivity contribution < 1.29 is 0 Å². The zero-order chi connectivity index (χ0) is 14.1. The van der Waals surface area contributed by atoms with Crippen LogP contribution in [0.3, 0.4) is 0 Å². The second kappa shape index (κ2) is 5.47. The summed E-state index contributed by atoms with van der Waals surface area (Å²) in [5.41, 5.74) is 11.9. The summed E-state index contributed by atoms with van der Waals surface area (Å²) in [4.78, 5) is 2.43. The summed E-state index contributed by atoms with van der Waals surface area (Å²) in [5, 5.41) is 0.864. The minimum absolute atomic E-state index is 0.846. The van der Waals surface area contributed by atoms with Gasteiger partial charge in [-0.2, -0.15) is 0 Å². The van der Waals surface area contributed by atoms with Crippen molar-refractivity contribution in [3.63, 3.8) is 0 Å².